The van der Waals surface area contributed by atoms with Gasteiger partial charge in [0.25, 0.3) is 5.91 Å². The van der Waals surface area contributed by atoms with Gasteiger partial charge >= 0.3 is 0 Å². The van der Waals surface area contributed by atoms with Crippen LogP contribution in [0.4, 0.5) is 0 Å². The van der Waals surface area contributed by atoms with E-state index in [2.05, 4.69) is 24.1 Å². The van der Waals surface area contributed by atoms with Crippen molar-refractivity contribution in [2.75, 3.05) is 7.11 Å². The Balaban J connectivity index is 2.23. The third kappa shape index (κ3) is 2.89. The van der Waals surface area contributed by atoms with Gasteiger partial charge in [-0.25, -0.2) is 0 Å². The standard InChI is InChI=1S/C15H20N2O2/c1-9(2)10(3)16-15(18)14-7-11-5-6-12(19-4)8-13(11)17-14/h5-10,17H,1-4H3,(H,16,18). The number of rotatable bonds is 4. The lowest BCUT2D eigenvalue weighted by Crippen LogP contribution is -2.36. The number of aromatic nitrogens is 1. The fourth-order valence-electron chi connectivity index (χ4n) is 1.81. The van der Waals surface area contributed by atoms with Crippen LogP contribution in [-0.4, -0.2) is 24.0 Å². The second-order valence-corrected chi connectivity index (χ2v) is 5.14. The number of hydrogen-bond acceptors (Lipinski definition) is 2. The molecule has 4 nitrogen and oxygen atoms in total. The number of nitrogens with one attached hydrogen (secondary N) is 2. The Hall–Kier alpha value is -1.97. The Morgan fingerprint density at radius 1 is 1.26 bits per heavy atom. The Morgan fingerprint density at radius 2 is 2.00 bits per heavy atom. The maximum Gasteiger partial charge on any atom is 0.267 e. The molecule has 2 N–H and O–H groups in total. The smallest absolute Gasteiger partial charge is 0.267 e. The molecule has 1 aromatic heterocycles. The van der Waals surface area contributed by atoms with Crippen molar-refractivity contribution in [3.63, 3.8) is 0 Å². The summed E-state index contributed by atoms with van der Waals surface area (Å²) < 4.78 is 5.17. The maximum atomic E-state index is 12.1. The fraction of sp³-hybridized carbons (Fsp3) is 0.400. The largest absolute Gasteiger partial charge is 0.497 e. The first-order valence-corrected chi connectivity index (χ1v) is 6.49. The van der Waals surface area contributed by atoms with Gasteiger partial charge in [0, 0.05) is 23.0 Å². The number of H-pyrrole nitrogens is 1. The summed E-state index contributed by atoms with van der Waals surface area (Å²) in [5.74, 6) is 1.11. The van der Waals surface area contributed by atoms with Gasteiger partial charge in [-0.15, -0.1) is 0 Å². The highest BCUT2D eigenvalue weighted by Crippen LogP contribution is 2.21. The molecule has 0 saturated carbocycles. The van der Waals surface area contributed by atoms with Crippen LogP contribution < -0.4 is 10.1 Å². The van der Waals surface area contributed by atoms with E-state index in [0.717, 1.165) is 16.7 Å². The lowest BCUT2D eigenvalue weighted by Gasteiger charge is -2.16. The summed E-state index contributed by atoms with van der Waals surface area (Å²) in [5.41, 5.74) is 1.48. The molecule has 0 aliphatic heterocycles. The number of fused-ring (bicyclic) bond motifs is 1. The van der Waals surface area contributed by atoms with Crippen LogP contribution >= 0.6 is 0 Å². The van der Waals surface area contributed by atoms with Gasteiger partial charge in [0.1, 0.15) is 11.4 Å². The molecule has 2 rings (SSSR count). The summed E-state index contributed by atoms with van der Waals surface area (Å²) in [6, 6.07) is 7.71. The third-order valence-corrected chi connectivity index (χ3v) is 3.43. The number of methoxy groups -OCH3 is 1. The van der Waals surface area contributed by atoms with Crippen molar-refractivity contribution in [3.8, 4) is 5.75 Å². The summed E-state index contributed by atoms with van der Waals surface area (Å²) in [6.45, 7) is 6.18. The van der Waals surface area contributed by atoms with E-state index in [9.17, 15) is 4.79 Å². The Kier molecular flexibility index (Phi) is 3.79. The van der Waals surface area contributed by atoms with Crippen molar-refractivity contribution in [1.29, 1.82) is 0 Å². The van der Waals surface area contributed by atoms with Gasteiger partial charge in [0.15, 0.2) is 0 Å². The molecule has 1 aromatic carbocycles. The summed E-state index contributed by atoms with van der Waals surface area (Å²) in [5, 5.41) is 3.99. The molecule has 102 valence electrons. The molecule has 0 aliphatic rings. The zero-order valence-electron chi connectivity index (χ0n) is 11.8. The van der Waals surface area contributed by atoms with Crippen LogP contribution in [-0.2, 0) is 0 Å². The van der Waals surface area contributed by atoms with Crippen LogP contribution in [0.15, 0.2) is 24.3 Å². The summed E-state index contributed by atoms with van der Waals surface area (Å²) in [7, 11) is 1.63. The molecule has 0 fully saturated rings. The highest BCUT2D eigenvalue weighted by Gasteiger charge is 2.14. The molecule has 1 amide bonds. The van der Waals surface area contributed by atoms with Crippen LogP contribution in [0, 0.1) is 5.92 Å². The number of aromatic amines is 1. The predicted octanol–water partition coefficient (Wildman–Crippen LogP) is 2.95. The lowest BCUT2D eigenvalue weighted by atomic mass is 10.1. The molecule has 1 heterocycles. The van der Waals surface area contributed by atoms with Gasteiger partial charge < -0.3 is 15.0 Å². The molecule has 1 atom stereocenters. The molecule has 0 radical (unpaired) electrons. The SMILES string of the molecule is COc1ccc2cc(C(=O)NC(C)C(C)C)[nH]c2c1. The average molecular weight is 260 g/mol. The maximum absolute atomic E-state index is 12.1. The number of ether oxygens (including phenoxy) is 1. The summed E-state index contributed by atoms with van der Waals surface area (Å²) in [6.07, 6.45) is 0. The van der Waals surface area contributed by atoms with Gasteiger partial charge in [-0.2, -0.15) is 0 Å². The first-order chi connectivity index (χ1) is 9.01. The molecule has 19 heavy (non-hydrogen) atoms. The highest BCUT2D eigenvalue weighted by atomic mass is 16.5. The van der Waals surface area contributed by atoms with Crippen LogP contribution in [0.1, 0.15) is 31.3 Å². The number of amides is 1. The highest BCUT2D eigenvalue weighted by molar-refractivity contribution is 5.98. The minimum Gasteiger partial charge on any atom is -0.497 e. The first kappa shape index (κ1) is 13.5. The first-order valence-electron chi connectivity index (χ1n) is 6.49. The Bertz CT molecular complexity index is 587. The van der Waals surface area contributed by atoms with E-state index in [1.54, 1.807) is 7.11 Å². The second-order valence-electron chi connectivity index (χ2n) is 5.14. The van der Waals surface area contributed by atoms with Crippen LogP contribution in [0.2, 0.25) is 0 Å². The predicted molar refractivity (Wildman–Crippen MR) is 76.6 cm³/mol. The zero-order valence-corrected chi connectivity index (χ0v) is 11.8. The van der Waals surface area contributed by atoms with Crippen molar-refractivity contribution in [2.24, 2.45) is 5.92 Å². The Labute approximate surface area is 113 Å². The monoisotopic (exact) mass is 260 g/mol. The van der Waals surface area contributed by atoms with E-state index < -0.39 is 0 Å². The van der Waals surface area contributed by atoms with Crippen molar-refractivity contribution < 1.29 is 9.53 Å². The van der Waals surface area contributed by atoms with Gasteiger partial charge in [0.2, 0.25) is 0 Å². The molecular formula is C15H20N2O2. The van der Waals surface area contributed by atoms with E-state index in [4.69, 9.17) is 4.74 Å². The van der Waals surface area contributed by atoms with Gasteiger partial charge in [0.05, 0.1) is 7.11 Å². The van der Waals surface area contributed by atoms with E-state index in [1.165, 1.54) is 0 Å². The number of hydrogen-bond donors (Lipinski definition) is 2. The van der Waals surface area contributed by atoms with Crippen LogP contribution in [0.25, 0.3) is 10.9 Å². The van der Waals surface area contributed by atoms with Gasteiger partial charge in [-0.1, -0.05) is 13.8 Å². The second kappa shape index (κ2) is 5.34. The minimum atomic E-state index is -0.0728. The third-order valence-electron chi connectivity index (χ3n) is 3.43. The normalized spacial score (nSPS) is 12.7. The molecule has 2 aromatic rings. The number of benzene rings is 1. The van der Waals surface area contributed by atoms with Crippen molar-refractivity contribution in [2.45, 2.75) is 26.8 Å². The van der Waals surface area contributed by atoms with E-state index in [0.29, 0.717) is 11.6 Å². The molecule has 4 heteroatoms. The minimum absolute atomic E-state index is 0.0728. The van der Waals surface area contributed by atoms with E-state index in [1.807, 2.05) is 31.2 Å². The van der Waals surface area contributed by atoms with Crippen molar-refractivity contribution >= 4 is 16.8 Å². The summed E-state index contributed by atoms with van der Waals surface area (Å²) >= 11 is 0. The summed E-state index contributed by atoms with van der Waals surface area (Å²) in [4.78, 5) is 15.2. The average Bonchev–Trinajstić information content (AvgIpc) is 2.81. The number of carbonyl (C=O) groups excluding carboxylic acids is 1. The molecular weight excluding hydrogens is 240 g/mol. The zero-order chi connectivity index (χ0) is 14.0. The van der Waals surface area contributed by atoms with E-state index >= 15 is 0 Å². The Morgan fingerprint density at radius 3 is 2.63 bits per heavy atom. The number of carbonyl (C=O) groups is 1. The van der Waals surface area contributed by atoms with Crippen molar-refractivity contribution in [3.05, 3.63) is 30.0 Å². The molecule has 0 spiro atoms. The lowest BCUT2D eigenvalue weighted by molar-refractivity contribution is 0.0926. The molecule has 1 unspecified atom stereocenters. The fourth-order valence-corrected chi connectivity index (χ4v) is 1.81. The van der Waals surface area contributed by atoms with Gasteiger partial charge in [-0.3, -0.25) is 4.79 Å². The van der Waals surface area contributed by atoms with Crippen LogP contribution in [0.5, 0.6) is 5.75 Å². The topological polar surface area (TPSA) is 54.1 Å². The molecule has 0 bridgehead atoms. The van der Waals surface area contributed by atoms with E-state index in [-0.39, 0.29) is 11.9 Å². The van der Waals surface area contributed by atoms with Crippen LogP contribution in [0.3, 0.4) is 0 Å². The van der Waals surface area contributed by atoms with Gasteiger partial charge in [-0.05, 0) is 31.0 Å². The molecule has 0 saturated heterocycles. The quantitative estimate of drug-likeness (QED) is 0.888. The van der Waals surface area contributed by atoms with Crippen molar-refractivity contribution in [1.82, 2.24) is 10.3 Å². The molecule has 0 aliphatic carbocycles.